The summed E-state index contributed by atoms with van der Waals surface area (Å²) < 4.78 is 0. The molecule has 0 saturated heterocycles. The summed E-state index contributed by atoms with van der Waals surface area (Å²) >= 11 is 6.11. The van der Waals surface area contributed by atoms with Gasteiger partial charge in [0.25, 0.3) is 0 Å². The van der Waals surface area contributed by atoms with E-state index in [1.807, 2.05) is 0 Å². The molecule has 0 bridgehead atoms. The number of rotatable bonds is 2. The van der Waals surface area contributed by atoms with Crippen molar-refractivity contribution in [3.63, 3.8) is 0 Å². The Morgan fingerprint density at radius 1 is 1.29 bits per heavy atom. The van der Waals surface area contributed by atoms with Crippen LogP contribution in [-0.2, 0) is 6.42 Å². The van der Waals surface area contributed by atoms with Gasteiger partial charge in [0.15, 0.2) is 0 Å². The summed E-state index contributed by atoms with van der Waals surface area (Å²) in [5, 5.41) is 0.434. The topological polar surface area (TPSA) is 0 Å². The Balaban J connectivity index is 2.01. The van der Waals surface area contributed by atoms with E-state index in [4.69, 9.17) is 11.6 Å². The summed E-state index contributed by atoms with van der Waals surface area (Å²) in [6.07, 6.45) is 4.94. The molecule has 0 radical (unpaired) electrons. The number of benzene rings is 1. The predicted octanol–water partition coefficient (Wildman–Crippen LogP) is 3.95. The lowest BCUT2D eigenvalue weighted by atomic mass is 9.95. The molecule has 0 amide bonds. The molecule has 2 unspecified atom stereocenters. The second-order valence-electron chi connectivity index (χ2n) is 4.41. The first-order valence-corrected chi connectivity index (χ1v) is 5.88. The highest BCUT2D eigenvalue weighted by Gasteiger charge is 2.23. The molecule has 1 aromatic carbocycles. The first-order chi connectivity index (χ1) is 6.75. The van der Waals surface area contributed by atoms with Crippen LogP contribution in [0.2, 0.25) is 0 Å². The summed E-state index contributed by atoms with van der Waals surface area (Å²) in [4.78, 5) is 0. The second kappa shape index (κ2) is 4.35. The molecular weight excluding hydrogens is 192 g/mol. The Labute approximate surface area is 91.3 Å². The van der Waals surface area contributed by atoms with E-state index < -0.39 is 0 Å². The Morgan fingerprint density at radius 3 is 2.71 bits per heavy atom. The SMILES string of the molecule is Cc1ccccc1CC1CCC(Cl)C1. The van der Waals surface area contributed by atoms with Crippen LogP contribution in [-0.4, -0.2) is 5.38 Å². The van der Waals surface area contributed by atoms with Gasteiger partial charge in [-0.1, -0.05) is 24.3 Å². The van der Waals surface area contributed by atoms with E-state index in [0.717, 1.165) is 5.92 Å². The minimum Gasteiger partial charge on any atom is -0.123 e. The molecule has 0 spiro atoms. The van der Waals surface area contributed by atoms with E-state index >= 15 is 0 Å². The fourth-order valence-electron chi connectivity index (χ4n) is 2.35. The quantitative estimate of drug-likeness (QED) is 0.646. The molecule has 2 atom stereocenters. The lowest BCUT2D eigenvalue weighted by molar-refractivity contribution is 0.546. The molecule has 0 aromatic heterocycles. The molecule has 76 valence electrons. The summed E-state index contributed by atoms with van der Waals surface area (Å²) in [7, 11) is 0. The molecular formula is C13H17Cl. The number of hydrogen-bond donors (Lipinski definition) is 0. The molecule has 0 N–H and O–H groups in total. The van der Waals surface area contributed by atoms with Crippen LogP contribution in [0.5, 0.6) is 0 Å². The van der Waals surface area contributed by atoms with Crippen molar-refractivity contribution in [3.8, 4) is 0 Å². The van der Waals surface area contributed by atoms with E-state index in [1.54, 1.807) is 0 Å². The van der Waals surface area contributed by atoms with E-state index in [0.29, 0.717) is 5.38 Å². The number of aryl methyl sites for hydroxylation is 1. The fraction of sp³-hybridized carbons (Fsp3) is 0.538. The molecule has 0 heterocycles. The molecule has 1 saturated carbocycles. The minimum absolute atomic E-state index is 0.434. The molecule has 2 rings (SSSR count). The molecule has 1 aliphatic carbocycles. The molecule has 0 nitrogen and oxygen atoms in total. The Morgan fingerprint density at radius 2 is 2.07 bits per heavy atom. The first-order valence-electron chi connectivity index (χ1n) is 5.44. The van der Waals surface area contributed by atoms with Crippen LogP contribution in [0.1, 0.15) is 30.4 Å². The van der Waals surface area contributed by atoms with E-state index in [9.17, 15) is 0 Å². The van der Waals surface area contributed by atoms with Crippen molar-refractivity contribution < 1.29 is 0 Å². The van der Waals surface area contributed by atoms with Gasteiger partial charge in [0.2, 0.25) is 0 Å². The zero-order valence-electron chi connectivity index (χ0n) is 8.67. The number of halogens is 1. The standard InChI is InChI=1S/C13H17Cl/c1-10-4-2-3-5-12(10)8-11-6-7-13(14)9-11/h2-5,11,13H,6-9H2,1H3. The van der Waals surface area contributed by atoms with Gasteiger partial charge in [-0.15, -0.1) is 11.6 Å². The third-order valence-corrected chi connectivity index (χ3v) is 3.64. The van der Waals surface area contributed by atoms with Crippen molar-refractivity contribution >= 4 is 11.6 Å². The van der Waals surface area contributed by atoms with Gasteiger partial charge >= 0.3 is 0 Å². The lowest BCUT2D eigenvalue weighted by Crippen LogP contribution is -2.01. The maximum Gasteiger partial charge on any atom is 0.0338 e. The molecule has 14 heavy (non-hydrogen) atoms. The molecule has 1 aliphatic rings. The largest absolute Gasteiger partial charge is 0.123 e. The van der Waals surface area contributed by atoms with Crippen molar-refractivity contribution in [2.45, 2.75) is 38.0 Å². The highest BCUT2D eigenvalue weighted by atomic mass is 35.5. The Hall–Kier alpha value is -0.490. The van der Waals surface area contributed by atoms with Crippen LogP contribution in [0, 0.1) is 12.8 Å². The van der Waals surface area contributed by atoms with Crippen molar-refractivity contribution in [2.24, 2.45) is 5.92 Å². The normalized spacial score (nSPS) is 26.7. The van der Waals surface area contributed by atoms with Crippen LogP contribution in [0.4, 0.5) is 0 Å². The zero-order chi connectivity index (χ0) is 9.97. The highest BCUT2D eigenvalue weighted by molar-refractivity contribution is 6.20. The zero-order valence-corrected chi connectivity index (χ0v) is 9.43. The minimum atomic E-state index is 0.434. The van der Waals surface area contributed by atoms with Crippen LogP contribution >= 0.6 is 11.6 Å². The molecule has 1 aromatic rings. The fourth-order valence-corrected chi connectivity index (χ4v) is 2.73. The van der Waals surface area contributed by atoms with Crippen LogP contribution < -0.4 is 0 Å². The number of alkyl halides is 1. The van der Waals surface area contributed by atoms with Gasteiger partial charge < -0.3 is 0 Å². The van der Waals surface area contributed by atoms with Crippen molar-refractivity contribution in [1.82, 2.24) is 0 Å². The predicted molar refractivity (Wildman–Crippen MR) is 61.9 cm³/mol. The Kier molecular flexibility index (Phi) is 3.12. The summed E-state index contributed by atoms with van der Waals surface area (Å²) in [5.41, 5.74) is 2.92. The average Bonchev–Trinajstić information content (AvgIpc) is 2.56. The third-order valence-electron chi connectivity index (χ3n) is 3.25. The van der Waals surface area contributed by atoms with Crippen LogP contribution in [0.15, 0.2) is 24.3 Å². The van der Waals surface area contributed by atoms with Crippen LogP contribution in [0.3, 0.4) is 0 Å². The summed E-state index contributed by atoms with van der Waals surface area (Å²) in [5.74, 6) is 0.818. The van der Waals surface area contributed by atoms with E-state index in [1.165, 1.54) is 36.8 Å². The van der Waals surface area contributed by atoms with Gasteiger partial charge in [0.05, 0.1) is 0 Å². The molecule has 1 fully saturated rings. The van der Waals surface area contributed by atoms with Gasteiger partial charge in [-0.3, -0.25) is 0 Å². The number of hydrogen-bond acceptors (Lipinski definition) is 0. The second-order valence-corrected chi connectivity index (χ2v) is 5.02. The summed E-state index contributed by atoms with van der Waals surface area (Å²) in [6.45, 7) is 2.20. The molecule has 0 aliphatic heterocycles. The lowest BCUT2D eigenvalue weighted by Gasteiger charge is -2.11. The van der Waals surface area contributed by atoms with Gasteiger partial charge in [0, 0.05) is 5.38 Å². The average molecular weight is 209 g/mol. The smallest absolute Gasteiger partial charge is 0.0338 e. The highest BCUT2D eigenvalue weighted by Crippen LogP contribution is 2.32. The van der Waals surface area contributed by atoms with E-state index in [2.05, 4.69) is 31.2 Å². The van der Waals surface area contributed by atoms with Gasteiger partial charge in [0.1, 0.15) is 0 Å². The first kappa shape index (κ1) is 10.0. The third kappa shape index (κ3) is 2.30. The van der Waals surface area contributed by atoms with Crippen molar-refractivity contribution in [2.75, 3.05) is 0 Å². The maximum absolute atomic E-state index is 6.11. The van der Waals surface area contributed by atoms with Crippen molar-refractivity contribution in [3.05, 3.63) is 35.4 Å². The van der Waals surface area contributed by atoms with Gasteiger partial charge in [-0.2, -0.15) is 0 Å². The monoisotopic (exact) mass is 208 g/mol. The van der Waals surface area contributed by atoms with Crippen LogP contribution in [0.25, 0.3) is 0 Å². The molecule has 1 heteroatoms. The van der Waals surface area contributed by atoms with Gasteiger partial charge in [-0.05, 0) is 49.7 Å². The van der Waals surface area contributed by atoms with Gasteiger partial charge in [-0.25, -0.2) is 0 Å². The Bertz CT molecular complexity index is 306. The summed E-state index contributed by atoms with van der Waals surface area (Å²) in [6, 6.07) is 8.69. The van der Waals surface area contributed by atoms with E-state index in [-0.39, 0.29) is 0 Å². The van der Waals surface area contributed by atoms with Crippen molar-refractivity contribution in [1.29, 1.82) is 0 Å². The maximum atomic E-state index is 6.11.